The number of carboxylic acids is 1. The Hall–Kier alpha value is -3.01. The number of fused-ring (bicyclic) bond motifs is 4. The van der Waals surface area contributed by atoms with Crippen molar-refractivity contribution in [2.45, 2.75) is 12.3 Å². The van der Waals surface area contributed by atoms with Gasteiger partial charge in [0.15, 0.2) is 11.6 Å². The first-order valence-electron chi connectivity index (χ1n) is 8.30. The normalized spacial score (nSPS) is 18.6. The number of ether oxygens (including phenoxy) is 1. The standard InChI is InChI=1S/C17H10BrF2NO4.C2H5NO/c18-9-2-1-3-12-15(9)17(16(24)21(12)6-14(22)23)7-25-13-5-11(20)10(19)4-8(13)17;1-2(3)4/h1-5H,6-7H2,(H,22,23);1H3,(H2,3,4). The van der Waals surface area contributed by atoms with Crippen molar-refractivity contribution in [2.24, 2.45) is 5.73 Å². The molecule has 2 aliphatic rings. The molecule has 7 nitrogen and oxygen atoms in total. The lowest BCUT2D eigenvalue weighted by atomic mass is 9.77. The van der Waals surface area contributed by atoms with Gasteiger partial charge in [-0.25, -0.2) is 8.78 Å². The fraction of sp³-hybridized carbons (Fsp3) is 0.211. The van der Waals surface area contributed by atoms with Crippen LogP contribution in [0.3, 0.4) is 0 Å². The van der Waals surface area contributed by atoms with Gasteiger partial charge in [0, 0.05) is 28.6 Å². The van der Waals surface area contributed by atoms with Gasteiger partial charge in [-0.15, -0.1) is 0 Å². The van der Waals surface area contributed by atoms with E-state index in [2.05, 4.69) is 21.7 Å². The highest BCUT2D eigenvalue weighted by molar-refractivity contribution is 9.10. The Labute approximate surface area is 172 Å². The van der Waals surface area contributed by atoms with E-state index in [1.807, 2.05) is 0 Å². The number of amides is 2. The van der Waals surface area contributed by atoms with Gasteiger partial charge < -0.3 is 15.6 Å². The van der Waals surface area contributed by atoms with Crippen LogP contribution in [0.1, 0.15) is 18.1 Å². The van der Waals surface area contributed by atoms with Gasteiger partial charge in [-0.3, -0.25) is 19.3 Å². The molecule has 0 radical (unpaired) electrons. The molecule has 29 heavy (non-hydrogen) atoms. The maximum atomic E-state index is 13.9. The summed E-state index contributed by atoms with van der Waals surface area (Å²) in [6, 6.07) is 6.85. The third-order valence-electron chi connectivity index (χ3n) is 4.54. The first-order valence-corrected chi connectivity index (χ1v) is 9.10. The third-order valence-corrected chi connectivity index (χ3v) is 5.20. The molecule has 4 rings (SSSR count). The van der Waals surface area contributed by atoms with Crippen LogP contribution < -0.4 is 15.4 Å². The maximum absolute atomic E-state index is 13.9. The molecular weight excluding hydrogens is 454 g/mol. The Morgan fingerprint density at radius 3 is 2.55 bits per heavy atom. The molecule has 0 fully saturated rings. The molecule has 1 atom stereocenters. The molecule has 10 heteroatoms. The van der Waals surface area contributed by atoms with Crippen LogP contribution in [0, 0.1) is 11.6 Å². The third kappa shape index (κ3) is 3.33. The Morgan fingerprint density at radius 2 is 1.93 bits per heavy atom. The van der Waals surface area contributed by atoms with Gasteiger partial charge in [0.2, 0.25) is 11.8 Å². The van der Waals surface area contributed by atoms with E-state index in [-0.39, 0.29) is 23.8 Å². The molecular formula is C19H15BrF2N2O5. The molecule has 2 aliphatic heterocycles. The number of aliphatic carboxylic acids is 1. The van der Waals surface area contributed by atoms with E-state index in [9.17, 15) is 23.2 Å². The summed E-state index contributed by atoms with van der Waals surface area (Å²) in [5, 5.41) is 9.15. The van der Waals surface area contributed by atoms with Gasteiger partial charge in [-0.1, -0.05) is 22.0 Å². The largest absolute Gasteiger partial charge is 0.491 e. The molecule has 3 N–H and O–H groups in total. The van der Waals surface area contributed by atoms with Crippen molar-refractivity contribution < 1.29 is 33.0 Å². The molecule has 0 saturated heterocycles. The summed E-state index contributed by atoms with van der Waals surface area (Å²) in [6.07, 6.45) is 0. The van der Waals surface area contributed by atoms with Crippen molar-refractivity contribution in [2.75, 3.05) is 18.1 Å². The summed E-state index contributed by atoms with van der Waals surface area (Å²) >= 11 is 3.39. The monoisotopic (exact) mass is 468 g/mol. The van der Waals surface area contributed by atoms with Crippen LogP contribution in [-0.4, -0.2) is 36.0 Å². The van der Waals surface area contributed by atoms with Crippen LogP contribution in [0.4, 0.5) is 14.5 Å². The minimum atomic E-state index is -1.41. The summed E-state index contributed by atoms with van der Waals surface area (Å²) in [7, 11) is 0. The van der Waals surface area contributed by atoms with E-state index in [4.69, 9.17) is 9.84 Å². The molecule has 0 bridgehead atoms. The van der Waals surface area contributed by atoms with Crippen LogP contribution in [0.25, 0.3) is 0 Å². The molecule has 152 valence electrons. The van der Waals surface area contributed by atoms with Crippen molar-refractivity contribution in [3.63, 3.8) is 0 Å². The van der Waals surface area contributed by atoms with E-state index < -0.39 is 35.5 Å². The number of nitrogens with two attached hydrogens (primary N) is 1. The number of carboxylic acid groups (broad SMARTS) is 1. The predicted molar refractivity (Wildman–Crippen MR) is 102 cm³/mol. The number of halogens is 3. The van der Waals surface area contributed by atoms with E-state index in [1.54, 1.807) is 18.2 Å². The second-order valence-electron chi connectivity index (χ2n) is 6.49. The minimum absolute atomic E-state index is 0.0751. The molecule has 2 amide bonds. The average Bonchev–Trinajstić information content (AvgIpc) is 3.08. The van der Waals surface area contributed by atoms with E-state index in [0.717, 1.165) is 17.0 Å². The number of carbonyl (C=O) groups is 3. The number of rotatable bonds is 2. The van der Waals surface area contributed by atoms with Crippen LogP contribution in [0.5, 0.6) is 5.75 Å². The van der Waals surface area contributed by atoms with Gasteiger partial charge in [-0.2, -0.15) is 0 Å². The lowest BCUT2D eigenvalue weighted by Gasteiger charge is -2.22. The maximum Gasteiger partial charge on any atom is 0.323 e. The Balaban J connectivity index is 0.000000552. The summed E-state index contributed by atoms with van der Waals surface area (Å²) in [5.41, 5.74) is 4.15. The van der Waals surface area contributed by atoms with E-state index in [1.165, 1.54) is 6.92 Å². The zero-order valence-corrected chi connectivity index (χ0v) is 16.6. The zero-order chi connectivity index (χ0) is 21.5. The number of hydrogen-bond donors (Lipinski definition) is 2. The van der Waals surface area contributed by atoms with Crippen LogP contribution >= 0.6 is 15.9 Å². The van der Waals surface area contributed by atoms with Crippen molar-refractivity contribution >= 4 is 39.4 Å². The van der Waals surface area contributed by atoms with Gasteiger partial charge in [0.1, 0.15) is 24.3 Å². The first kappa shape index (κ1) is 20.7. The molecule has 2 aromatic rings. The summed E-state index contributed by atoms with van der Waals surface area (Å²) in [6.45, 7) is 0.610. The highest BCUT2D eigenvalue weighted by Crippen LogP contribution is 2.54. The highest BCUT2D eigenvalue weighted by atomic mass is 79.9. The van der Waals surface area contributed by atoms with Gasteiger partial charge in [0.05, 0.1) is 5.69 Å². The molecule has 1 spiro atoms. The SMILES string of the molecule is CC(N)=O.O=C(O)CN1C(=O)C2(COc3cc(F)c(F)cc32)c2c(Br)cccc21. The Bertz CT molecular complexity index is 1040. The number of anilines is 1. The lowest BCUT2D eigenvalue weighted by molar-refractivity contribution is -0.137. The average molecular weight is 469 g/mol. The number of benzene rings is 2. The topological polar surface area (TPSA) is 110 Å². The lowest BCUT2D eigenvalue weighted by Crippen LogP contribution is -2.44. The van der Waals surface area contributed by atoms with Gasteiger partial charge in [-0.05, 0) is 18.2 Å². The molecule has 2 aromatic carbocycles. The first-order chi connectivity index (χ1) is 13.6. The van der Waals surface area contributed by atoms with Crippen LogP contribution in [0.15, 0.2) is 34.8 Å². The zero-order valence-electron chi connectivity index (χ0n) is 15.0. The second kappa shape index (κ2) is 7.43. The van der Waals surface area contributed by atoms with Crippen LogP contribution in [-0.2, 0) is 19.8 Å². The summed E-state index contributed by atoms with van der Waals surface area (Å²) < 4.78 is 33.4. The Kier molecular flexibility index (Phi) is 5.31. The molecule has 0 aliphatic carbocycles. The molecule has 1 unspecified atom stereocenters. The predicted octanol–water partition coefficient (Wildman–Crippen LogP) is 2.33. The summed E-state index contributed by atoms with van der Waals surface area (Å²) in [4.78, 5) is 34.7. The fourth-order valence-corrected chi connectivity index (χ4v) is 4.22. The smallest absolute Gasteiger partial charge is 0.323 e. The Morgan fingerprint density at radius 1 is 1.31 bits per heavy atom. The molecule has 0 saturated carbocycles. The van der Waals surface area contributed by atoms with Crippen molar-refractivity contribution in [1.82, 2.24) is 0 Å². The number of nitrogens with zero attached hydrogens (tertiary/aromatic N) is 1. The fourth-order valence-electron chi connectivity index (χ4n) is 3.53. The number of primary amides is 1. The van der Waals surface area contributed by atoms with E-state index >= 15 is 0 Å². The van der Waals surface area contributed by atoms with Crippen molar-refractivity contribution in [3.05, 3.63) is 57.6 Å². The van der Waals surface area contributed by atoms with Crippen LogP contribution in [0.2, 0.25) is 0 Å². The minimum Gasteiger partial charge on any atom is -0.491 e. The van der Waals surface area contributed by atoms with Crippen molar-refractivity contribution in [1.29, 1.82) is 0 Å². The molecule has 2 heterocycles. The summed E-state index contributed by atoms with van der Waals surface area (Å²) in [5.74, 6) is -4.15. The number of hydrogen-bond acceptors (Lipinski definition) is 4. The quantitative estimate of drug-likeness (QED) is 0.702. The van der Waals surface area contributed by atoms with E-state index in [0.29, 0.717) is 15.7 Å². The van der Waals surface area contributed by atoms with Gasteiger partial charge in [0.25, 0.3) is 0 Å². The highest BCUT2D eigenvalue weighted by Gasteiger charge is 2.58. The molecule has 0 aromatic heterocycles. The van der Waals surface area contributed by atoms with Gasteiger partial charge >= 0.3 is 5.97 Å². The van der Waals surface area contributed by atoms with Crippen molar-refractivity contribution in [3.8, 4) is 5.75 Å². The second-order valence-corrected chi connectivity index (χ2v) is 7.34. The number of carbonyl (C=O) groups excluding carboxylic acids is 2.